The van der Waals surface area contributed by atoms with Crippen LogP contribution in [0.15, 0.2) is 17.2 Å². The topological polar surface area (TPSA) is 88.0 Å². The van der Waals surface area contributed by atoms with E-state index in [4.69, 9.17) is 11.1 Å². The van der Waals surface area contributed by atoms with Crippen LogP contribution in [0, 0.1) is 5.41 Å². The standard InChI is InChI=1S/C12H21N5O/c1-8(2)17-6-5-15-11(12(17)18)16(4)9(3)7-10(13)14/h5-6,8-9H,7H2,1-4H3,(H3,13,14). The fourth-order valence-electron chi connectivity index (χ4n) is 1.73. The number of aromatic nitrogens is 2. The van der Waals surface area contributed by atoms with Gasteiger partial charge in [0.05, 0.1) is 5.84 Å². The highest BCUT2D eigenvalue weighted by atomic mass is 16.1. The fourth-order valence-corrected chi connectivity index (χ4v) is 1.73. The summed E-state index contributed by atoms with van der Waals surface area (Å²) >= 11 is 0. The molecule has 0 aliphatic heterocycles. The molecule has 1 atom stereocenters. The first-order valence-electron chi connectivity index (χ1n) is 5.97. The summed E-state index contributed by atoms with van der Waals surface area (Å²) in [5.74, 6) is 0.495. The lowest BCUT2D eigenvalue weighted by molar-refractivity contribution is 0.568. The van der Waals surface area contributed by atoms with E-state index in [1.54, 1.807) is 28.9 Å². The van der Waals surface area contributed by atoms with Gasteiger partial charge in [0.15, 0.2) is 5.82 Å². The Morgan fingerprint density at radius 1 is 1.56 bits per heavy atom. The molecule has 1 rings (SSSR count). The van der Waals surface area contributed by atoms with E-state index in [1.807, 2.05) is 20.8 Å². The van der Waals surface area contributed by atoms with E-state index in [2.05, 4.69) is 4.98 Å². The van der Waals surface area contributed by atoms with Crippen molar-refractivity contribution in [2.45, 2.75) is 39.3 Å². The van der Waals surface area contributed by atoms with Gasteiger partial charge >= 0.3 is 0 Å². The second-order valence-corrected chi connectivity index (χ2v) is 4.75. The largest absolute Gasteiger partial charge is 0.388 e. The molecule has 1 heterocycles. The summed E-state index contributed by atoms with van der Waals surface area (Å²) in [6.07, 6.45) is 3.71. The molecule has 6 nitrogen and oxygen atoms in total. The minimum absolute atomic E-state index is 0.0364. The van der Waals surface area contributed by atoms with Crippen molar-refractivity contribution in [3.8, 4) is 0 Å². The summed E-state index contributed by atoms with van der Waals surface area (Å²) < 4.78 is 1.64. The Hall–Kier alpha value is -1.85. The van der Waals surface area contributed by atoms with Gasteiger partial charge < -0.3 is 15.2 Å². The molecule has 0 bridgehead atoms. The Kier molecular flexibility index (Phi) is 4.47. The van der Waals surface area contributed by atoms with Gasteiger partial charge in [0.2, 0.25) is 0 Å². The van der Waals surface area contributed by atoms with Crippen molar-refractivity contribution in [2.24, 2.45) is 5.73 Å². The lowest BCUT2D eigenvalue weighted by atomic mass is 10.2. The second-order valence-electron chi connectivity index (χ2n) is 4.75. The molecule has 100 valence electrons. The van der Waals surface area contributed by atoms with Crippen molar-refractivity contribution in [3.63, 3.8) is 0 Å². The monoisotopic (exact) mass is 251 g/mol. The highest BCUT2D eigenvalue weighted by molar-refractivity contribution is 5.77. The van der Waals surface area contributed by atoms with Crippen LogP contribution < -0.4 is 16.2 Å². The van der Waals surface area contributed by atoms with Gasteiger partial charge in [-0.05, 0) is 20.8 Å². The first kappa shape index (κ1) is 14.2. The van der Waals surface area contributed by atoms with E-state index in [0.29, 0.717) is 12.2 Å². The Morgan fingerprint density at radius 3 is 2.67 bits per heavy atom. The molecule has 1 aromatic rings. The van der Waals surface area contributed by atoms with Gasteiger partial charge in [-0.15, -0.1) is 0 Å². The van der Waals surface area contributed by atoms with E-state index in [0.717, 1.165) is 0 Å². The molecule has 3 N–H and O–H groups in total. The maximum Gasteiger partial charge on any atom is 0.293 e. The molecule has 0 aliphatic rings. The van der Waals surface area contributed by atoms with Crippen molar-refractivity contribution in [2.75, 3.05) is 11.9 Å². The third kappa shape index (κ3) is 3.09. The van der Waals surface area contributed by atoms with E-state index >= 15 is 0 Å². The summed E-state index contributed by atoms with van der Waals surface area (Å²) in [5, 5.41) is 7.29. The predicted molar refractivity (Wildman–Crippen MR) is 73.3 cm³/mol. The molecule has 0 amide bonds. The van der Waals surface area contributed by atoms with Gasteiger partial charge in [0, 0.05) is 37.9 Å². The van der Waals surface area contributed by atoms with Crippen LogP contribution in [0.5, 0.6) is 0 Å². The quantitative estimate of drug-likeness (QED) is 0.603. The van der Waals surface area contributed by atoms with Crippen molar-refractivity contribution < 1.29 is 0 Å². The normalized spacial score (nSPS) is 12.5. The van der Waals surface area contributed by atoms with Crippen LogP contribution >= 0.6 is 0 Å². The number of anilines is 1. The average molecular weight is 251 g/mol. The lowest BCUT2D eigenvalue weighted by Crippen LogP contribution is -2.38. The number of nitrogens with one attached hydrogen (secondary N) is 1. The highest BCUT2D eigenvalue weighted by Crippen LogP contribution is 2.10. The molecule has 0 radical (unpaired) electrons. The minimum Gasteiger partial charge on any atom is -0.388 e. The van der Waals surface area contributed by atoms with E-state index in [9.17, 15) is 4.79 Å². The maximum absolute atomic E-state index is 12.2. The molecule has 0 aliphatic carbocycles. The van der Waals surface area contributed by atoms with Crippen LogP contribution in [0.4, 0.5) is 5.82 Å². The molecular weight excluding hydrogens is 230 g/mol. The molecule has 0 saturated heterocycles. The van der Waals surface area contributed by atoms with Crippen LogP contribution in [-0.2, 0) is 0 Å². The molecule has 0 fully saturated rings. The molecule has 18 heavy (non-hydrogen) atoms. The SMILES string of the molecule is CC(CC(=N)N)N(C)c1nccn(C(C)C)c1=O. The minimum atomic E-state index is -0.120. The third-order valence-electron chi connectivity index (χ3n) is 2.92. The van der Waals surface area contributed by atoms with Crippen LogP contribution in [-0.4, -0.2) is 28.5 Å². The van der Waals surface area contributed by atoms with Crippen LogP contribution in [0.2, 0.25) is 0 Å². The summed E-state index contributed by atoms with van der Waals surface area (Å²) in [6, 6.07) is 0.0569. The maximum atomic E-state index is 12.2. The smallest absolute Gasteiger partial charge is 0.293 e. The number of nitrogens with zero attached hydrogens (tertiary/aromatic N) is 3. The Labute approximate surface area is 107 Å². The first-order chi connectivity index (χ1) is 8.34. The van der Waals surface area contributed by atoms with Crippen LogP contribution in [0.3, 0.4) is 0 Å². The first-order valence-corrected chi connectivity index (χ1v) is 5.97. The third-order valence-corrected chi connectivity index (χ3v) is 2.92. The van der Waals surface area contributed by atoms with E-state index in [-0.39, 0.29) is 23.5 Å². The zero-order valence-corrected chi connectivity index (χ0v) is 11.3. The second kappa shape index (κ2) is 5.66. The van der Waals surface area contributed by atoms with Crippen molar-refractivity contribution in [3.05, 3.63) is 22.7 Å². The molecule has 0 aromatic carbocycles. The summed E-state index contributed by atoms with van der Waals surface area (Å²) in [6.45, 7) is 5.81. The number of hydrogen-bond donors (Lipinski definition) is 2. The Balaban J connectivity index is 3.06. The Bertz CT molecular complexity index is 480. The number of amidine groups is 1. The molecule has 6 heteroatoms. The van der Waals surface area contributed by atoms with E-state index in [1.165, 1.54) is 0 Å². The van der Waals surface area contributed by atoms with Gasteiger partial charge in [-0.25, -0.2) is 4.98 Å². The number of nitrogens with two attached hydrogens (primary N) is 1. The van der Waals surface area contributed by atoms with Crippen molar-refractivity contribution in [1.29, 1.82) is 5.41 Å². The Morgan fingerprint density at radius 2 is 2.17 bits per heavy atom. The van der Waals surface area contributed by atoms with Gasteiger partial charge in [0.1, 0.15) is 0 Å². The van der Waals surface area contributed by atoms with Gasteiger partial charge in [-0.2, -0.15) is 0 Å². The summed E-state index contributed by atoms with van der Waals surface area (Å²) in [4.78, 5) is 18.1. The molecule has 1 unspecified atom stereocenters. The molecule has 0 spiro atoms. The molecular formula is C12H21N5O. The summed E-state index contributed by atoms with van der Waals surface area (Å²) in [5.41, 5.74) is 5.26. The van der Waals surface area contributed by atoms with Gasteiger partial charge in [-0.3, -0.25) is 10.2 Å². The van der Waals surface area contributed by atoms with Crippen molar-refractivity contribution >= 4 is 11.7 Å². The van der Waals surface area contributed by atoms with Crippen molar-refractivity contribution in [1.82, 2.24) is 9.55 Å². The fraction of sp³-hybridized carbons (Fsp3) is 0.583. The number of rotatable bonds is 5. The van der Waals surface area contributed by atoms with Gasteiger partial charge in [-0.1, -0.05) is 0 Å². The van der Waals surface area contributed by atoms with Crippen LogP contribution in [0.1, 0.15) is 33.2 Å². The van der Waals surface area contributed by atoms with E-state index < -0.39 is 0 Å². The summed E-state index contributed by atoms with van der Waals surface area (Å²) in [7, 11) is 1.79. The van der Waals surface area contributed by atoms with Gasteiger partial charge in [0.25, 0.3) is 5.56 Å². The zero-order chi connectivity index (χ0) is 13.9. The zero-order valence-electron chi connectivity index (χ0n) is 11.3. The average Bonchev–Trinajstić information content (AvgIpc) is 2.27. The molecule has 1 aromatic heterocycles. The lowest BCUT2D eigenvalue weighted by Gasteiger charge is -2.25. The number of hydrogen-bond acceptors (Lipinski definition) is 4. The molecule has 0 saturated carbocycles. The predicted octanol–water partition coefficient (Wildman–Crippen LogP) is 0.975. The highest BCUT2D eigenvalue weighted by Gasteiger charge is 2.17. The van der Waals surface area contributed by atoms with Crippen LogP contribution in [0.25, 0.3) is 0 Å².